The van der Waals surface area contributed by atoms with E-state index in [1.807, 2.05) is 0 Å². The summed E-state index contributed by atoms with van der Waals surface area (Å²) >= 11 is 0. The molecule has 2 rings (SSSR count). The first-order valence-electron chi connectivity index (χ1n) is 4.27. The van der Waals surface area contributed by atoms with Crippen LogP contribution in [0.1, 0.15) is 30.9 Å². The van der Waals surface area contributed by atoms with Crippen molar-refractivity contribution in [1.82, 2.24) is 0 Å². The molecule has 2 nitrogen and oxygen atoms in total. The summed E-state index contributed by atoms with van der Waals surface area (Å²) in [6.07, 6.45) is 0. The molecule has 0 aliphatic carbocycles. The summed E-state index contributed by atoms with van der Waals surface area (Å²) in [5.41, 5.74) is 3.65. The highest BCUT2D eigenvalue weighted by atomic mass is 15.1. The number of azo groups is 1. The Kier molecular flexibility index (Phi) is 1.68. The third-order valence-corrected chi connectivity index (χ3v) is 2.20. The summed E-state index contributed by atoms with van der Waals surface area (Å²) < 4.78 is 0. The predicted octanol–water partition coefficient (Wildman–Crippen LogP) is 3.41. The zero-order valence-electron chi connectivity index (χ0n) is 7.41. The van der Waals surface area contributed by atoms with Crippen LogP contribution in [0.2, 0.25) is 0 Å². The van der Waals surface area contributed by atoms with E-state index in [-0.39, 0.29) is 0 Å². The Bertz CT molecular complexity index is 327. The first-order valence-corrected chi connectivity index (χ1v) is 4.27. The van der Waals surface area contributed by atoms with Gasteiger partial charge in [0.25, 0.3) is 0 Å². The van der Waals surface area contributed by atoms with Crippen molar-refractivity contribution in [2.75, 3.05) is 0 Å². The van der Waals surface area contributed by atoms with Crippen LogP contribution in [0.5, 0.6) is 0 Å². The van der Waals surface area contributed by atoms with E-state index in [1.54, 1.807) is 0 Å². The third-order valence-electron chi connectivity index (χ3n) is 2.20. The second-order valence-corrected chi connectivity index (χ2v) is 3.44. The average Bonchev–Trinajstić information content (AvgIpc) is 2.49. The Balaban J connectivity index is 2.44. The number of benzene rings is 1. The van der Waals surface area contributed by atoms with Crippen molar-refractivity contribution >= 4 is 5.69 Å². The van der Waals surface area contributed by atoms with E-state index in [0.717, 1.165) is 12.2 Å². The second-order valence-electron chi connectivity index (χ2n) is 3.44. The molecule has 0 saturated heterocycles. The minimum Gasteiger partial charge on any atom is -0.184 e. The van der Waals surface area contributed by atoms with Crippen LogP contribution in [0.3, 0.4) is 0 Å². The van der Waals surface area contributed by atoms with Crippen LogP contribution in [-0.2, 0) is 6.54 Å². The zero-order valence-corrected chi connectivity index (χ0v) is 7.41. The molecular weight excluding hydrogens is 148 g/mol. The molecule has 0 bridgehead atoms. The summed E-state index contributed by atoms with van der Waals surface area (Å²) in [7, 11) is 0. The number of hydrogen-bond acceptors (Lipinski definition) is 2. The topological polar surface area (TPSA) is 24.7 Å². The van der Waals surface area contributed by atoms with Crippen molar-refractivity contribution in [3.63, 3.8) is 0 Å². The van der Waals surface area contributed by atoms with E-state index in [9.17, 15) is 0 Å². The Morgan fingerprint density at radius 1 is 1.33 bits per heavy atom. The standard InChI is InChI=1S/C10H12N2/c1-7(2)8-3-4-9-6-11-12-10(9)5-8/h3-5,7H,6H2,1-2H3. The highest BCUT2D eigenvalue weighted by Gasteiger charge is 2.09. The molecule has 0 saturated carbocycles. The van der Waals surface area contributed by atoms with Crippen molar-refractivity contribution in [2.24, 2.45) is 10.2 Å². The van der Waals surface area contributed by atoms with E-state index in [2.05, 4.69) is 42.3 Å². The summed E-state index contributed by atoms with van der Waals surface area (Å²) in [5.74, 6) is 0.575. The van der Waals surface area contributed by atoms with E-state index in [0.29, 0.717) is 5.92 Å². The normalized spacial score (nSPS) is 13.9. The van der Waals surface area contributed by atoms with E-state index >= 15 is 0 Å². The fourth-order valence-electron chi connectivity index (χ4n) is 1.35. The van der Waals surface area contributed by atoms with Gasteiger partial charge >= 0.3 is 0 Å². The number of fused-ring (bicyclic) bond motifs is 1. The summed E-state index contributed by atoms with van der Waals surface area (Å²) in [6, 6.07) is 6.43. The second kappa shape index (κ2) is 2.70. The zero-order chi connectivity index (χ0) is 8.55. The van der Waals surface area contributed by atoms with E-state index in [1.165, 1.54) is 11.1 Å². The molecule has 1 aromatic rings. The van der Waals surface area contributed by atoms with Crippen LogP contribution < -0.4 is 0 Å². The van der Waals surface area contributed by atoms with Gasteiger partial charge in [0.2, 0.25) is 0 Å². The average molecular weight is 160 g/mol. The molecule has 0 N–H and O–H groups in total. The molecule has 2 heteroatoms. The third kappa shape index (κ3) is 1.13. The summed E-state index contributed by atoms with van der Waals surface area (Å²) in [5, 5.41) is 8.04. The molecule has 0 fully saturated rings. The van der Waals surface area contributed by atoms with Crippen LogP contribution in [-0.4, -0.2) is 0 Å². The van der Waals surface area contributed by atoms with Gasteiger partial charge in [-0.3, -0.25) is 0 Å². The van der Waals surface area contributed by atoms with E-state index < -0.39 is 0 Å². The van der Waals surface area contributed by atoms with E-state index in [4.69, 9.17) is 0 Å². The monoisotopic (exact) mass is 160 g/mol. The molecule has 1 heterocycles. The number of nitrogens with zero attached hydrogens (tertiary/aromatic N) is 2. The van der Waals surface area contributed by atoms with Gasteiger partial charge in [-0.1, -0.05) is 26.0 Å². The van der Waals surface area contributed by atoms with Gasteiger partial charge in [-0.05, 0) is 17.5 Å². The maximum Gasteiger partial charge on any atom is 0.0906 e. The molecule has 0 spiro atoms. The first-order chi connectivity index (χ1) is 5.77. The molecule has 0 unspecified atom stereocenters. The maximum atomic E-state index is 4.07. The van der Waals surface area contributed by atoms with Gasteiger partial charge in [0.15, 0.2) is 0 Å². The highest BCUT2D eigenvalue weighted by Crippen LogP contribution is 2.29. The van der Waals surface area contributed by atoms with Crippen LogP contribution in [0, 0.1) is 0 Å². The molecule has 1 aliphatic rings. The molecular formula is C10H12N2. The lowest BCUT2D eigenvalue weighted by Crippen LogP contribution is -1.87. The number of hydrogen-bond donors (Lipinski definition) is 0. The molecule has 12 heavy (non-hydrogen) atoms. The molecule has 0 atom stereocenters. The molecule has 1 aliphatic heterocycles. The fourth-order valence-corrected chi connectivity index (χ4v) is 1.35. The minimum atomic E-state index is 0.575. The quantitative estimate of drug-likeness (QED) is 0.601. The van der Waals surface area contributed by atoms with Crippen molar-refractivity contribution in [3.8, 4) is 0 Å². The van der Waals surface area contributed by atoms with Crippen LogP contribution >= 0.6 is 0 Å². The van der Waals surface area contributed by atoms with Gasteiger partial charge < -0.3 is 0 Å². The van der Waals surface area contributed by atoms with Crippen LogP contribution in [0.4, 0.5) is 5.69 Å². The molecule has 0 radical (unpaired) electrons. The Hall–Kier alpha value is -1.18. The molecule has 0 amide bonds. The summed E-state index contributed by atoms with van der Waals surface area (Å²) in [4.78, 5) is 0. The molecule has 0 aromatic heterocycles. The summed E-state index contributed by atoms with van der Waals surface area (Å²) in [6.45, 7) is 5.13. The Morgan fingerprint density at radius 2 is 2.17 bits per heavy atom. The van der Waals surface area contributed by atoms with Crippen molar-refractivity contribution in [1.29, 1.82) is 0 Å². The molecule has 1 aromatic carbocycles. The van der Waals surface area contributed by atoms with Crippen LogP contribution in [0.25, 0.3) is 0 Å². The minimum absolute atomic E-state index is 0.575. The van der Waals surface area contributed by atoms with Gasteiger partial charge in [-0.25, -0.2) is 0 Å². The lowest BCUT2D eigenvalue weighted by atomic mass is 10.0. The largest absolute Gasteiger partial charge is 0.184 e. The smallest absolute Gasteiger partial charge is 0.0906 e. The number of rotatable bonds is 1. The van der Waals surface area contributed by atoms with Gasteiger partial charge in [0, 0.05) is 5.56 Å². The van der Waals surface area contributed by atoms with Crippen molar-refractivity contribution in [2.45, 2.75) is 26.3 Å². The van der Waals surface area contributed by atoms with Crippen LogP contribution in [0.15, 0.2) is 28.4 Å². The van der Waals surface area contributed by atoms with Gasteiger partial charge in [0.1, 0.15) is 0 Å². The lowest BCUT2D eigenvalue weighted by Gasteiger charge is -2.05. The Labute approximate surface area is 72.3 Å². The van der Waals surface area contributed by atoms with Crippen molar-refractivity contribution < 1.29 is 0 Å². The Morgan fingerprint density at radius 3 is 2.92 bits per heavy atom. The fraction of sp³-hybridized carbons (Fsp3) is 0.400. The lowest BCUT2D eigenvalue weighted by molar-refractivity contribution is 0.866. The molecule has 62 valence electrons. The predicted molar refractivity (Wildman–Crippen MR) is 48.8 cm³/mol. The van der Waals surface area contributed by atoms with Gasteiger partial charge in [-0.15, -0.1) is 0 Å². The maximum absolute atomic E-state index is 4.07. The SMILES string of the molecule is CC(C)c1ccc2c(c1)N=NC2. The van der Waals surface area contributed by atoms with Crippen molar-refractivity contribution in [3.05, 3.63) is 29.3 Å². The first kappa shape index (κ1) is 7.47. The van der Waals surface area contributed by atoms with Gasteiger partial charge in [0.05, 0.1) is 12.2 Å². The van der Waals surface area contributed by atoms with Gasteiger partial charge in [-0.2, -0.15) is 10.2 Å². The highest BCUT2D eigenvalue weighted by molar-refractivity contribution is 5.50.